The van der Waals surface area contributed by atoms with Crippen LogP contribution in [0.5, 0.6) is 0 Å². The van der Waals surface area contributed by atoms with Crippen LogP contribution in [-0.4, -0.2) is 41.0 Å². The van der Waals surface area contributed by atoms with E-state index in [0.717, 1.165) is 16.9 Å². The van der Waals surface area contributed by atoms with Crippen LogP contribution in [0.15, 0.2) is 18.2 Å². The van der Waals surface area contributed by atoms with Gasteiger partial charge in [-0.3, -0.25) is 4.79 Å². The molecule has 3 atom stereocenters. The molecule has 1 saturated carbocycles. The molecular formula is C22H17Cl4LiN4O3S. The number of anilines is 1. The van der Waals surface area contributed by atoms with Crippen LogP contribution in [0.3, 0.4) is 0 Å². The van der Waals surface area contributed by atoms with Crippen LogP contribution in [0.25, 0.3) is 0 Å². The topological polar surface area (TPSA) is 101 Å². The van der Waals surface area contributed by atoms with E-state index in [2.05, 4.69) is 15.3 Å². The maximum atomic E-state index is 12.6. The molecule has 1 aliphatic heterocycles. The van der Waals surface area contributed by atoms with Gasteiger partial charge in [-0.1, -0.05) is 63.8 Å². The summed E-state index contributed by atoms with van der Waals surface area (Å²) in [4.78, 5) is 34.0. The number of piperidine rings is 1. The van der Waals surface area contributed by atoms with Crippen LogP contribution in [0, 0.1) is 18.8 Å². The standard InChI is InChI=1S/C22H18Cl4N4O3S.Li/c1-8-15(25)16(26)18(27-8)20(31)29-17-11-6-30(7-12(11)17)22-28-14(19(34-22)21(32)33)4-9-2-3-10(23)5-13(9)24;/h2-3,5,11-12,17,27H,4,6-7H2,1H3,(H,29,31)(H,32,33);/q;+1/p-1/t11-,12+,17-;. The van der Waals surface area contributed by atoms with Gasteiger partial charge in [-0.25, -0.2) is 4.98 Å². The first kappa shape index (κ1) is 26.7. The number of halogens is 4. The molecule has 7 nitrogen and oxygen atoms in total. The molecule has 2 aromatic heterocycles. The molecule has 2 aliphatic rings. The van der Waals surface area contributed by atoms with Crippen molar-refractivity contribution in [1.82, 2.24) is 15.3 Å². The normalized spacial score (nSPS) is 20.4. The molecule has 3 aromatic rings. The first-order valence-corrected chi connectivity index (χ1v) is 12.7. The summed E-state index contributed by atoms with van der Waals surface area (Å²) in [5.74, 6) is -1.06. The predicted octanol–water partition coefficient (Wildman–Crippen LogP) is 1.22. The Bertz CT molecular complexity index is 1320. The zero-order valence-corrected chi connectivity index (χ0v) is 22.5. The molecule has 0 unspecified atom stereocenters. The number of aromatic amines is 1. The summed E-state index contributed by atoms with van der Waals surface area (Å²) in [6.45, 7) is 3.07. The number of aryl methyl sites for hydroxylation is 1. The summed E-state index contributed by atoms with van der Waals surface area (Å²) in [5, 5.41) is 16.9. The van der Waals surface area contributed by atoms with Gasteiger partial charge in [0.05, 0.1) is 26.6 Å². The number of fused-ring (bicyclic) bond motifs is 1. The van der Waals surface area contributed by atoms with Crippen molar-refractivity contribution in [1.29, 1.82) is 0 Å². The fourth-order valence-corrected chi connectivity index (χ4v) is 6.27. The molecule has 178 valence electrons. The largest absolute Gasteiger partial charge is 1.00 e. The number of hydrogen-bond acceptors (Lipinski definition) is 6. The smallest absolute Gasteiger partial charge is 0.544 e. The Labute approximate surface area is 237 Å². The van der Waals surface area contributed by atoms with E-state index in [1.165, 1.54) is 0 Å². The Balaban J connectivity index is 0.00000289. The number of carbonyl (C=O) groups is 2. The van der Waals surface area contributed by atoms with Crippen molar-refractivity contribution in [3.63, 3.8) is 0 Å². The quantitative estimate of drug-likeness (QED) is 0.438. The van der Waals surface area contributed by atoms with Crippen LogP contribution >= 0.6 is 57.7 Å². The summed E-state index contributed by atoms with van der Waals surface area (Å²) in [6.07, 6.45) is 0.258. The molecule has 13 heteroatoms. The predicted molar refractivity (Wildman–Crippen MR) is 132 cm³/mol. The number of hydrogen-bond donors (Lipinski definition) is 2. The van der Waals surface area contributed by atoms with Crippen molar-refractivity contribution in [2.45, 2.75) is 19.4 Å². The molecule has 2 N–H and O–H groups in total. The van der Waals surface area contributed by atoms with Crippen molar-refractivity contribution in [3.8, 4) is 0 Å². The maximum Gasteiger partial charge on any atom is 1.00 e. The third-order valence-electron chi connectivity index (χ3n) is 6.29. The molecule has 3 heterocycles. The Kier molecular flexibility index (Phi) is 7.76. The van der Waals surface area contributed by atoms with Gasteiger partial charge in [-0.2, -0.15) is 0 Å². The third-order valence-corrected chi connectivity index (χ3v) is 8.96. The molecule has 1 amide bonds. The molecule has 1 aliphatic carbocycles. The Morgan fingerprint density at radius 3 is 2.46 bits per heavy atom. The van der Waals surface area contributed by atoms with E-state index in [1.54, 1.807) is 25.1 Å². The summed E-state index contributed by atoms with van der Waals surface area (Å²) in [6, 6.07) is 5.09. The van der Waals surface area contributed by atoms with Gasteiger partial charge in [-0.15, -0.1) is 0 Å². The number of carboxylic acids is 1. The van der Waals surface area contributed by atoms with Crippen LogP contribution in [-0.2, 0) is 6.42 Å². The molecule has 0 radical (unpaired) electrons. The number of carbonyl (C=O) groups excluding carboxylic acids is 2. The van der Waals surface area contributed by atoms with Crippen molar-refractivity contribution >= 4 is 74.7 Å². The number of benzene rings is 1. The van der Waals surface area contributed by atoms with Crippen LogP contribution in [0.2, 0.25) is 20.1 Å². The molecule has 0 spiro atoms. The van der Waals surface area contributed by atoms with E-state index in [-0.39, 0.29) is 64.7 Å². The van der Waals surface area contributed by atoms with E-state index in [4.69, 9.17) is 46.4 Å². The van der Waals surface area contributed by atoms with E-state index < -0.39 is 5.97 Å². The van der Waals surface area contributed by atoms with Gasteiger partial charge in [0.2, 0.25) is 0 Å². The number of aromatic carboxylic acids is 1. The van der Waals surface area contributed by atoms with E-state index >= 15 is 0 Å². The molecule has 35 heavy (non-hydrogen) atoms. The van der Waals surface area contributed by atoms with Crippen molar-refractivity contribution in [2.75, 3.05) is 18.0 Å². The number of carboxylic acid groups (broad SMARTS) is 1. The van der Waals surface area contributed by atoms with Gasteiger partial charge >= 0.3 is 18.9 Å². The molecular weight excluding hydrogens is 549 g/mol. The Morgan fingerprint density at radius 2 is 1.89 bits per heavy atom. The number of aromatic nitrogens is 2. The van der Waals surface area contributed by atoms with Gasteiger partial charge < -0.3 is 25.1 Å². The minimum Gasteiger partial charge on any atom is -0.544 e. The van der Waals surface area contributed by atoms with Gasteiger partial charge in [-0.05, 0) is 24.6 Å². The van der Waals surface area contributed by atoms with E-state index in [0.29, 0.717) is 44.7 Å². The minimum absolute atomic E-state index is 0. The first-order valence-electron chi connectivity index (χ1n) is 10.4. The summed E-state index contributed by atoms with van der Waals surface area (Å²) < 4.78 is 0. The van der Waals surface area contributed by atoms with Gasteiger partial charge in [0.15, 0.2) is 5.13 Å². The van der Waals surface area contributed by atoms with Crippen LogP contribution < -0.4 is 34.2 Å². The number of thiazole rings is 1. The molecule has 2 fully saturated rings. The molecule has 1 aromatic carbocycles. The summed E-state index contributed by atoms with van der Waals surface area (Å²) in [5.41, 5.74) is 2.04. The van der Waals surface area contributed by atoms with Crippen molar-refractivity contribution in [2.24, 2.45) is 11.8 Å². The van der Waals surface area contributed by atoms with Gasteiger partial charge in [0.25, 0.3) is 5.91 Å². The first-order chi connectivity index (χ1) is 16.1. The van der Waals surface area contributed by atoms with Crippen LogP contribution in [0.1, 0.15) is 37.1 Å². The van der Waals surface area contributed by atoms with E-state index in [1.807, 2.05) is 4.90 Å². The molecule has 1 saturated heterocycles. The Hall–Kier alpha value is -1.37. The zero-order valence-electron chi connectivity index (χ0n) is 18.6. The average Bonchev–Trinajstić information content (AvgIpc) is 3.15. The SMILES string of the molecule is Cc1[nH]c(C(=O)N[C@@H]2[C@@H]3CN(c4nc(Cc5ccc(Cl)cc5Cl)c(C(=O)[O-])s4)C[C@@H]32)c(Cl)c1Cl.[Li+]. The third kappa shape index (κ3) is 5.08. The second-order valence-corrected chi connectivity index (χ2v) is 11.0. The van der Waals surface area contributed by atoms with Crippen molar-refractivity contribution in [3.05, 3.63) is 65.8 Å². The summed E-state index contributed by atoms with van der Waals surface area (Å²) in [7, 11) is 0. The summed E-state index contributed by atoms with van der Waals surface area (Å²) >= 11 is 25.5. The van der Waals surface area contributed by atoms with Crippen molar-refractivity contribution < 1.29 is 33.6 Å². The zero-order chi connectivity index (χ0) is 24.3. The van der Waals surface area contributed by atoms with Gasteiger partial charge in [0, 0.05) is 53.1 Å². The maximum absolute atomic E-state index is 12.6. The Morgan fingerprint density at radius 1 is 1.20 bits per heavy atom. The molecule has 0 bridgehead atoms. The van der Waals surface area contributed by atoms with E-state index in [9.17, 15) is 14.7 Å². The monoisotopic (exact) mass is 564 g/mol. The van der Waals surface area contributed by atoms with Crippen LogP contribution in [0.4, 0.5) is 5.13 Å². The number of rotatable bonds is 6. The number of nitrogens with zero attached hydrogens (tertiary/aromatic N) is 2. The second-order valence-electron chi connectivity index (χ2n) is 8.46. The van der Waals surface area contributed by atoms with Gasteiger partial charge in [0.1, 0.15) is 5.69 Å². The fourth-order valence-electron chi connectivity index (χ4n) is 4.45. The number of H-pyrrole nitrogens is 1. The molecule has 5 rings (SSSR count). The fraction of sp³-hybridized carbons (Fsp3) is 0.318. The number of amides is 1. The second kappa shape index (κ2) is 10.2. The number of nitrogens with one attached hydrogen (secondary N) is 2. The average molecular weight is 566 g/mol. The minimum atomic E-state index is -1.27.